The van der Waals surface area contributed by atoms with Gasteiger partial charge in [0, 0.05) is 22.0 Å². The first-order valence-corrected chi connectivity index (χ1v) is 13.8. The third-order valence-corrected chi connectivity index (χ3v) is 9.09. The Hall–Kier alpha value is -1.62. The van der Waals surface area contributed by atoms with Crippen LogP contribution in [0, 0.1) is 5.92 Å². The van der Waals surface area contributed by atoms with Crippen LogP contribution in [0.1, 0.15) is 32.1 Å². The smallest absolute Gasteiger partial charge is 0.0758 e. The lowest BCUT2D eigenvalue weighted by molar-refractivity contribution is 0.624. The SMILES string of the molecule is c1ccc(N=C(CC(Sc2ccccc2)Sc2ccccc2)SCC2CCCC2)cc1. The molecule has 0 radical (unpaired) electrons. The number of para-hydroxylation sites is 1. The van der Waals surface area contributed by atoms with E-state index in [0.717, 1.165) is 18.0 Å². The van der Waals surface area contributed by atoms with Crippen LogP contribution < -0.4 is 0 Å². The lowest BCUT2D eigenvalue weighted by Gasteiger charge is -2.18. The molecule has 0 aliphatic heterocycles. The van der Waals surface area contributed by atoms with E-state index < -0.39 is 0 Å². The Balaban J connectivity index is 1.53. The first-order chi connectivity index (χ1) is 15.3. The maximum atomic E-state index is 5.10. The van der Waals surface area contributed by atoms with Crippen molar-refractivity contribution in [3.8, 4) is 0 Å². The van der Waals surface area contributed by atoms with Crippen molar-refractivity contribution in [2.24, 2.45) is 10.9 Å². The maximum absolute atomic E-state index is 5.10. The molecule has 0 N–H and O–H groups in total. The van der Waals surface area contributed by atoms with Crippen molar-refractivity contribution in [2.75, 3.05) is 5.75 Å². The summed E-state index contributed by atoms with van der Waals surface area (Å²) in [4.78, 5) is 7.73. The summed E-state index contributed by atoms with van der Waals surface area (Å²) in [5.74, 6) is 2.05. The van der Waals surface area contributed by atoms with Crippen LogP contribution in [0.4, 0.5) is 5.69 Å². The zero-order valence-electron chi connectivity index (χ0n) is 17.7. The van der Waals surface area contributed by atoms with Gasteiger partial charge >= 0.3 is 0 Å². The Bertz CT molecular complexity index is 881. The molecule has 3 aromatic carbocycles. The van der Waals surface area contributed by atoms with Gasteiger partial charge in [-0.15, -0.1) is 35.3 Å². The minimum absolute atomic E-state index is 0.378. The van der Waals surface area contributed by atoms with Gasteiger partial charge in [-0.2, -0.15) is 0 Å². The van der Waals surface area contributed by atoms with Crippen LogP contribution in [0.2, 0.25) is 0 Å². The van der Waals surface area contributed by atoms with E-state index in [9.17, 15) is 0 Å². The minimum atomic E-state index is 0.378. The standard InChI is InChI=1S/C27H29NS3/c1-4-14-23(15-5-1)28-26(29-21-22-12-10-11-13-22)20-27(30-24-16-6-2-7-17-24)31-25-18-8-3-9-19-25/h1-9,14-19,22,27H,10-13,20-21H2. The van der Waals surface area contributed by atoms with Crippen molar-refractivity contribution in [3.05, 3.63) is 91.0 Å². The van der Waals surface area contributed by atoms with Gasteiger partial charge in [-0.1, -0.05) is 67.4 Å². The van der Waals surface area contributed by atoms with Gasteiger partial charge in [0.25, 0.3) is 0 Å². The highest BCUT2D eigenvalue weighted by Gasteiger charge is 2.20. The number of thioether (sulfide) groups is 3. The summed E-state index contributed by atoms with van der Waals surface area (Å²) >= 11 is 5.89. The molecule has 1 nitrogen and oxygen atoms in total. The molecule has 1 saturated carbocycles. The van der Waals surface area contributed by atoms with Gasteiger partial charge in [-0.25, -0.2) is 4.99 Å². The monoisotopic (exact) mass is 463 g/mol. The van der Waals surface area contributed by atoms with Crippen LogP contribution in [0.15, 0.2) is 106 Å². The summed E-state index contributed by atoms with van der Waals surface area (Å²) in [5, 5.41) is 1.26. The number of rotatable bonds is 9. The van der Waals surface area contributed by atoms with Gasteiger partial charge in [-0.05, 0) is 55.2 Å². The Morgan fingerprint density at radius 3 is 1.81 bits per heavy atom. The van der Waals surface area contributed by atoms with E-state index in [-0.39, 0.29) is 0 Å². The van der Waals surface area contributed by atoms with Gasteiger partial charge in [-0.3, -0.25) is 0 Å². The van der Waals surface area contributed by atoms with E-state index in [4.69, 9.17) is 4.99 Å². The highest BCUT2D eigenvalue weighted by atomic mass is 32.2. The average Bonchev–Trinajstić information content (AvgIpc) is 3.33. The van der Waals surface area contributed by atoms with Crippen LogP contribution in [-0.2, 0) is 0 Å². The molecule has 1 aliphatic carbocycles. The lowest BCUT2D eigenvalue weighted by Crippen LogP contribution is -2.08. The van der Waals surface area contributed by atoms with E-state index in [2.05, 4.69) is 91.0 Å². The minimum Gasteiger partial charge on any atom is -0.247 e. The summed E-state index contributed by atoms with van der Waals surface area (Å²) in [7, 11) is 0. The summed E-state index contributed by atoms with van der Waals surface area (Å²) in [6.45, 7) is 0. The molecule has 0 amide bonds. The molecular weight excluding hydrogens is 435 g/mol. The van der Waals surface area contributed by atoms with Crippen LogP contribution in [-0.4, -0.2) is 15.4 Å². The molecule has 3 aromatic rings. The first-order valence-electron chi connectivity index (χ1n) is 11.0. The predicted octanol–water partition coefficient (Wildman–Crippen LogP) is 8.94. The molecule has 1 fully saturated rings. The molecular formula is C27H29NS3. The fraction of sp³-hybridized carbons (Fsp3) is 0.296. The van der Waals surface area contributed by atoms with Gasteiger partial charge in [0.05, 0.1) is 15.3 Å². The second-order valence-corrected chi connectivity index (χ2v) is 11.7. The molecule has 0 saturated heterocycles. The highest BCUT2D eigenvalue weighted by Crippen LogP contribution is 2.39. The quantitative estimate of drug-likeness (QED) is 0.136. The molecule has 4 heteroatoms. The topological polar surface area (TPSA) is 12.4 Å². The van der Waals surface area contributed by atoms with Crippen LogP contribution in [0.25, 0.3) is 0 Å². The second-order valence-electron chi connectivity index (χ2n) is 7.80. The van der Waals surface area contributed by atoms with E-state index in [0.29, 0.717) is 4.58 Å². The third-order valence-electron chi connectivity index (χ3n) is 5.33. The van der Waals surface area contributed by atoms with Crippen molar-refractivity contribution in [3.63, 3.8) is 0 Å². The molecule has 0 heterocycles. The molecule has 31 heavy (non-hydrogen) atoms. The van der Waals surface area contributed by atoms with Crippen LogP contribution >= 0.6 is 35.3 Å². The lowest BCUT2D eigenvalue weighted by atomic mass is 10.1. The average molecular weight is 464 g/mol. The summed E-state index contributed by atoms with van der Waals surface area (Å²) in [6.07, 6.45) is 6.52. The number of hydrogen-bond donors (Lipinski definition) is 0. The predicted molar refractivity (Wildman–Crippen MR) is 141 cm³/mol. The van der Waals surface area contributed by atoms with Crippen molar-refractivity contribution < 1.29 is 0 Å². The van der Waals surface area contributed by atoms with Crippen LogP contribution in [0.3, 0.4) is 0 Å². The zero-order chi connectivity index (χ0) is 21.1. The van der Waals surface area contributed by atoms with Crippen molar-refractivity contribution in [1.82, 2.24) is 0 Å². The van der Waals surface area contributed by atoms with Gasteiger partial charge in [0.2, 0.25) is 0 Å². The normalized spacial score (nSPS) is 14.9. The second kappa shape index (κ2) is 12.4. The summed E-state index contributed by atoms with van der Waals surface area (Å²) in [6, 6.07) is 32.0. The van der Waals surface area contributed by atoms with Crippen LogP contribution in [0.5, 0.6) is 0 Å². The number of nitrogens with zero attached hydrogens (tertiary/aromatic N) is 1. The highest BCUT2D eigenvalue weighted by molar-refractivity contribution is 8.17. The summed E-state index contributed by atoms with van der Waals surface area (Å²) < 4.78 is 0.378. The largest absolute Gasteiger partial charge is 0.247 e. The molecule has 0 aromatic heterocycles. The van der Waals surface area contributed by atoms with Gasteiger partial charge < -0.3 is 0 Å². The molecule has 0 unspecified atom stereocenters. The molecule has 0 bridgehead atoms. The number of hydrogen-bond acceptors (Lipinski definition) is 4. The fourth-order valence-electron chi connectivity index (χ4n) is 3.73. The Kier molecular flexibility index (Phi) is 9.05. The molecule has 160 valence electrons. The maximum Gasteiger partial charge on any atom is 0.0758 e. The molecule has 0 spiro atoms. The molecule has 4 rings (SSSR count). The Labute approximate surface area is 199 Å². The fourth-order valence-corrected chi connectivity index (χ4v) is 7.73. The van der Waals surface area contributed by atoms with E-state index >= 15 is 0 Å². The van der Waals surface area contributed by atoms with E-state index in [1.54, 1.807) is 0 Å². The molecule has 0 atom stereocenters. The van der Waals surface area contributed by atoms with Crippen molar-refractivity contribution >= 4 is 46.0 Å². The van der Waals surface area contributed by atoms with Crippen molar-refractivity contribution in [2.45, 2.75) is 46.5 Å². The Morgan fingerprint density at radius 2 is 1.26 bits per heavy atom. The first kappa shape index (κ1) is 22.6. The zero-order valence-corrected chi connectivity index (χ0v) is 20.2. The molecule has 1 aliphatic rings. The van der Waals surface area contributed by atoms with Gasteiger partial charge in [0.15, 0.2) is 0 Å². The summed E-state index contributed by atoms with van der Waals surface area (Å²) in [5.41, 5.74) is 1.06. The van der Waals surface area contributed by atoms with Gasteiger partial charge in [0.1, 0.15) is 0 Å². The Morgan fingerprint density at radius 1 is 0.742 bits per heavy atom. The van der Waals surface area contributed by atoms with Crippen molar-refractivity contribution in [1.29, 1.82) is 0 Å². The number of aliphatic imine (C=N–C) groups is 1. The third kappa shape index (κ3) is 7.78. The van der Waals surface area contributed by atoms with E-state index in [1.807, 2.05) is 35.3 Å². The number of benzene rings is 3. The van der Waals surface area contributed by atoms with E-state index in [1.165, 1.54) is 46.3 Å².